The number of likely N-dealkylation sites (tertiary alicyclic amines) is 1. The maximum atomic E-state index is 11.1. The zero-order valence-electron chi connectivity index (χ0n) is 29.3. The summed E-state index contributed by atoms with van der Waals surface area (Å²) in [7, 11) is 0. The number of β-amino-alcohol motifs (C(OH)–C–C–N with tert-alkyl or cyclic N) is 2. The number of alkyl halides is 1. The minimum Gasteiger partial charge on any atom is -0.488 e. The predicted molar refractivity (Wildman–Crippen MR) is 199 cm³/mol. The van der Waals surface area contributed by atoms with Crippen LogP contribution < -0.4 is 14.8 Å². The van der Waals surface area contributed by atoms with Crippen molar-refractivity contribution >= 4 is 28.8 Å². The topological polar surface area (TPSA) is 161 Å². The van der Waals surface area contributed by atoms with Crippen LogP contribution in [0.2, 0.25) is 5.02 Å². The Labute approximate surface area is 314 Å². The normalized spacial score (nSPS) is 22.5. The average Bonchev–Trinajstić information content (AvgIpc) is 3.56. The van der Waals surface area contributed by atoms with E-state index in [9.17, 15) is 25.7 Å². The van der Waals surface area contributed by atoms with Crippen LogP contribution >= 0.6 is 23.2 Å². The zero-order chi connectivity index (χ0) is 37.4. The van der Waals surface area contributed by atoms with Gasteiger partial charge in [0.1, 0.15) is 41.3 Å². The summed E-state index contributed by atoms with van der Waals surface area (Å²) in [5.74, 6) is 0.686. The molecule has 5 N–H and O–H groups in total. The van der Waals surface area contributed by atoms with Crippen LogP contribution in [0.3, 0.4) is 0 Å². The Morgan fingerprint density at radius 3 is 2.60 bits per heavy atom. The number of benzene rings is 2. The monoisotopic (exact) mass is 752 g/mol. The molecule has 0 spiro atoms. The van der Waals surface area contributed by atoms with Crippen molar-refractivity contribution in [3.8, 4) is 17.6 Å². The van der Waals surface area contributed by atoms with Crippen molar-refractivity contribution in [1.82, 2.24) is 15.2 Å². The number of pyridine rings is 1. The van der Waals surface area contributed by atoms with E-state index in [0.29, 0.717) is 48.5 Å². The number of nitriles is 1. The number of aliphatic hydroxyl groups is 4. The fourth-order valence-electron chi connectivity index (χ4n) is 6.21. The van der Waals surface area contributed by atoms with Crippen LogP contribution in [-0.2, 0) is 17.9 Å². The number of hydrogen-bond acceptors (Lipinski definition) is 11. The molecule has 2 aromatic carbocycles. The van der Waals surface area contributed by atoms with Gasteiger partial charge in [-0.2, -0.15) is 5.26 Å². The Hall–Kier alpha value is -3.54. The molecule has 0 saturated carbocycles. The van der Waals surface area contributed by atoms with Gasteiger partial charge < -0.3 is 40.0 Å². The van der Waals surface area contributed by atoms with Crippen LogP contribution in [0, 0.1) is 11.3 Å². The third-order valence-electron chi connectivity index (χ3n) is 9.54. The number of rotatable bonds is 17. The van der Waals surface area contributed by atoms with E-state index in [1.165, 1.54) is 6.20 Å². The van der Waals surface area contributed by atoms with Gasteiger partial charge in [-0.3, -0.25) is 9.88 Å². The van der Waals surface area contributed by atoms with Gasteiger partial charge in [-0.15, -0.1) is 11.6 Å². The fourth-order valence-corrected chi connectivity index (χ4v) is 6.80. The molecule has 0 bridgehead atoms. The fraction of sp³-hybridized carbons (Fsp3) is 0.436. The molecule has 52 heavy (non-hydrogen) atoms. The lowest BCUT2D eigenvalue weighted by atomic mass is 9.76. The second kappa shape index (κ2) is 17.5. The standard InChI is InChI=1S/C39H46Cl2N4O7/c1-37(24-46,25-47)44-19-30-14-34(40)36(15-35(30)50-22-28-13-27(16-42)17-43-18-28)51-26-39(52-23-32(49)21-45-12-10-31(48)20-45)11-6-9-33(38(39,2)41)29-7-4-3-5-8-29/h3-9,11,13-15,17-18,31-32,44,46-49H,10,12,19-26H2,1-2H3/t31-,32?,38?,39?/m1/s1. The molecule has 0 amide bonds. The molecule has 5 rings (SSSR count). The van der Waals surface area contributed by atoms with E-state index in [0.717, 1.165) is 11.1 Å². The van der Waals surface area contributed by atoms with Crippen molar-refractivity contribution < 1.29 is 34.6 Å². The number of halogens is 2. The van der Waals surface area contributed by atoms with Gasteiger partial charge in [-0.1, -0.05) is 54.1 Å². The SMILES string of the molecule is CC(CO)(CO)NCc1cc(Cl)c(OCC2(OCC(O)CN3CC[C@@H](O)C3)C=CC=C(c3ccccc3)C2(C)Cl)cc1OCc1cncc(C#N)c1. The van der Waals surface area contributed by atoms with E-state index in [1.54, 1.807) is 31.3 Å². The van der Waals surface area contributed by atoms with Gasteiger partial charge in [0, 0.05) is 55.8 Å². The van der Waals surface area contributed by atoms with E-state index < -0.39 is 28.2 Å². The van der Waals surface area contributed by atoms with Crippen molar-refractivity contribution in [1.29, 1.82) is 5.26 Å². The average molecular weight is 754 g/mol. The number of nitrogens with zero attached hydrogens (tertiary/aromatic N) is 3. The number of aromatic nitrogens is 1. The van der Waals surface area contributed by atoms with Crippen LogP contribution in [0.4, 0.5) is 0 Å². The molecule has 3 unspecified atom stereocenters. The second-order valence-electron chi connectivity index (χ2n) is 13.8. The first-order valence-electron chi connectivity index (χ1n) is 17.2. The molecule has 1 fully saturated rings. The summed E-state index contributed by atoms with van der Waals surface area (Å²) in [6, 6.07) is 16.8. The molecular formula is C39H46Cl2N4O7. The summed E-state index contributed by atoms with van der Waals surface area (Å²) >= 11 is 14.3. The number of allylic oxidation sites excluding steroid dienone is 2. The number of aliphatic hydroxyl groups excluding tert-OH is 4. The molecule has 13 heteroatoms. The summed E-state index contributed by atoms with van der Waals surface area (Å²) in [5.41, 5.74) is 1.16. The first kappa shape index (κ1) is 39.7. The predicted octanol–water partition coefficient (Wildman–Crippen LogP) is 4.23. The van der Waals surface area contributed by atoms with Crippen LogP contribution in [0.25, 0.3) is 5.57 Å². The highest BCUT2D eigenvalue weighted by Gasteiger charge is 2.52. The van der Waals surface area contributed by atoms with Crippen molar-refractivity contribution in [2.24, 2.45) is 0 Å². The zero-order valence-corrected chi connectivity index (χ0v) is 30.9. The molecule has 2 heterocycles. The van der Waals surface area contributed by atoms with Gasteiger partial charge >= 0.3 is 0 Å². The maximum Gasteiger partial charge on any atom is 0.143 e. The number of hydrogen-bond donors (Lipinski definition) is 5. The molecule has 1 aliphatic heterocycles. The lowest BCUT2D eigenvalue weighted by molar-refractivity contribution is -0.0864. The quantitative estimate of drug-likeness (QED) is 0.126. The van der Waals surface area contributed by atoms with Gasteiger partial charge in [0.2, 0.25) is 0 Å². The lowest BCUT2D eigenvalue weighted by Crippen LogP contribution is -2.56. The summed E-state index contributed by atoms with van der Waals surface area (Å²) in [4.78, 5) is 4.95. The van der Waals surface area contributed by atoms with Crippen molar-refractivity contribution in [3.63, 3.8) is 0 Å². The molecule has 1 aromatic heterocycles. The summed E-state index contributed by atoms with van der Waals surface area (Å²) in [6.07, 6.45) is 8.11. The lowest BCUT2D eigenvalue weighted by Gasteiger charge is -2.46. The highest BCUT2D eigenvalue weighted by molar-refractivity contribution is 6.32. The molecule has 1 saturated heterocycles. The Bertz CT molecular complexity index is 1760. The van der Waals surface area contributed by atoms with Crippen LogP contribution in [0.15, 0.2) is 79.2 Å². The molecule has 2 aliphatic rings. The maximum absolute atomic E-state index is 11.1. The van der Waals surface area contributed by atoms with Gasteiger partial charge in [0.25, 0.3) is 0 Å². The number of ether oxygens (including phenoxy) is 3. The molecule has 3 aromatic rings. The second-order valence-corrected chi connectivity index (χ2v) is 14.9. The van der Waals surface area contributed by atoms with Crippen molar-refractivity contribution in [3.05, 3.63) is 106 Å². The number of nitrogens with one attached hydrogen (secondary N) is 1. The smallest absolute Gasteiger partial charge is 0.143 e. The van der Waals surface area contributed by atoms with E-state index in [2.05, 4.69) is 16.4 Å². The Kier molecular flexibility index (Phi) is 13.4. The van der Waals surface area contributed by atoms with Crippen molar-refractivity contribution in [2.45, 2.75) is 61.6 Å². The minimum absolute atomic E-state index is 0.0539. The Morgan fingerprint density at radius 1 is 1.13 bits per heavy atom. The van der Waals surface area contributed by atoms with Gasteiger partial charge in [-0.25, -0.2) is 0 Å². The highest BCUT2D eigenvalue weighted by Crippen LogP contribution is 2.48. The third-order valence-corrected chi connectivity index (χ3v) is 10.4. The van der Waals surface area contributed by atoms with E-state index >= 15 is 0 Å². The molecular weight excluding hydrogens is 707 g/mol. The minimum atomic E-state index is -1.28. The first-order chi connectivity index (χ1) is 24.9. The summed E-state index contributed by atoms with van der Waals surface area (Å²) < 4.78 is 19.3. The van der Waals surface area contributed by atoms with E-state index in [1.807, 2.05) is 60.4 Å². The van der Waals surface area contributed by atoms with E-state index in [4.69, 9.17) is 37.4 Å². The van der Waals surface area contributed by atoms with Crippen LogP contribution in [0.5, 0.6) is 11.5 Å². The third kappa shape index (κ3) is 9.51. The van der Waals surface area contributed by atoms with Crippen LogP contribution in [0.1, 0.15) is 42.5 Å². The molecule has 278 valence electrons. The summed E-state index contributed by atoms with van der Waals surface area (Å²) in [6.45, 7) is 4.58. The molecule has 11 nitrogen and oxygen atoms in total. The van der Waals surface area contributed by atoms with Gasteiger partial charge in [0.05, 0.1) is 48.2 Å². The first-order valence-corrected chi connectivity index (χ1v) is 17.9. The Morgan fingerprint density at radius 2 is 1.90 bits per heavy atom. The highest BCUT2D eigenvalue weighted by atomic mass is 35.5. The van der Waals surface area contributed by atoms with Crippen LogP contribution in [-0.4, -0.2) is 105 Å². The van der Waals surface area contributed by atoms with E-state index in [-0.39, 0.29) is 50.4 Å². The summed E-state index contributed by atoms with van der Waals surface area (Å²) in [5, 5.41) is 53.5. The molecule has 0 radical (unpaired) electrons. The van der Waals surface area contributed by atoms with Gasteiger partial charge in [-0.05, 0) is 49.6 Å². The van der Waals surface area contributed by atoms with Crippen molar-refractivity contribution in [2.75, 3.05) is 46.1 Å². The molecule has 4 atom stereocenters. The van der Waals surface area contributed by atoms with Gasteiger partial charge in [0.15, 0.2) is 0 Å². The molecule has 1 aliphatic carbocycles. The largest absolute Gasteiger partial charge is 0.488 e. The Balaban J connectivity index is 1.43.